The highest BCUT2D eigenvalue weighted by Gasteiger charge is 2.32. The fraction of sp³-hybridized carbons (Fsp3) is 0.375. The molecule has 0 spiro atoms. The van der Waals surface area contributed by atoms with Crippen molar-refractivity contribution in [2.24, 2.45) is 0 Å². The molecule has 0 saturated heterocycles. The van der Waals surface area contributed by atoms with Crippen LogP contribution in [-0.2, 0) is 12.8 Å². The van der Waals surface area contributed by atoms with Crippen LogP contribution in [0.15, 0.2) is 41.8 Å². The van der Waals surface area contributed by atoms with E-state index >= 15 is 0 Å². The minimum absolute atomic E-state index is 0.220. The summed E-state index contributed by atoms with van der Waals surface area (Å²) in [6.07, 6.45) is 1.68. The van der Waals surface area contributed by atoms with Crippen LogP contribution in [0.25, 0.3) is 0 Å². The fourth-order valence-electron chi connectivity index (χ4n) is 2.86. The number of likely N-dealkylation sites (N-methyl/N-ethyl adjacent to an activating group) is 1. The van der Waals surface area contributed by atoms with Crippen molar-refractivity contribution in [1.29, 1.82) is 0 Å². The van der Waals surface area contributed by atoms with Crippen molar-refractivity contribution >= 4 is 11.3 Å². The second kappa shape index (κ2) is 5.45. The van der Waals surface area contributed by atoms with Crippen molar-refractivity contribution in [2.75, 3.05) is 13.6 Å². The molecule has 0 fully saturated rings. The Labute approximate surface area is 118 Å². The fourth-order valence-corrected chi connectivity index (χ4v) is 3.56. The lowest BCUT2D eigenvalue weighted by molar-refractivity contribution is 0.0768. The van der Waals surface area contributed by atoms with Crippen molar-refractivity contribution in [2.45, 2.75) is 25.0 Å². The zero-order chi connectivity index (χ0) is 13.2. The van der Waals surface area contributed by atoms with Crippen LogP contribution in [0.2, 0.25) is 0 Å². The molecule has 1 heterocycles. The molecular weight excluding hydrogens is 254 g/mol. The van der Waals surface area contributed by atoms with Gasteiger partial charge in [0.25, 0.3) is 0 Å². The molecule has 1 aromatic heterocycles. The summed E-state index contributed by atoms with van der Waals surface area (Å²) < 4.78 is 0. The van der Waals surface area contributed by atoms with E-state index in [1.807, 2.05) is 12.1 Å². The van der Waals surface area contributed by atoms with Crippen LogP contribution in [0.5, 0.6) is 0 Å². The van der Waals surface area contributed by atoms with Crippen molar-refractivity contribution in [3.8, 4) is 0 Å². The lowest BCUT2D eigenvalue weighted by atomic mass is 10.1. The molecule has 0 amide bonds. The summed E-state index contributed by atoms with van der Waals surface area (Å²) >= 11 is 1.81. The highest BCUT2D eigenvalue weighted by molar-refractivity contribution is 7.09. The molecule has 0 aliphatic heterocycles. The topological polar surface area (TPSA) is 23.5 Å². The maximum absolute atomic E-state index is 10.4. The van der Waals surface area contributed by atoms with E-state index in [1.165, 1.54) is 10.4 Å². The second-order valence-electron chi connectivity index (χ2n) is 5.23. The molecule has 0 bridgehead atoms. The molecule has 0 saturated carbocycles. The van der Waals surface area contributed by atoms with Crippen LogP contribution >= 0.6 is 11.3 Å². The first-order valence-electron chi connectivity index (χ1n) is 6.74. The molecule has 0 radical (unpaired) electrons. The molecule has 19 heavy (non-hydrogen) atoms. The molecule has 1 N–H and O–H groups in total. The van der Waals surface area contributed by atoms with Gasteiger partial charge in [-0.3, -0.25) is 4.90 Å². The van der Waals surface area contributed by atoms with Gasteiger partial charge in [-0.2, -0.15) is 0 Å². The van der Waals surface area contributed by atoms with E-state index in [0.717, 1.165) is 24.9 Å². The largest absolute Gasteiger partial charge is 0.387 e. The minimum atomic E-state index is -0.343. The minimum Gasteiger partial charge on any atom is -0.387 e. The zero-order valence-electron chi connectivity index (χ0n) is 11.1. The number of hydrogen-bond acceptors (Lipinski definition) is 3. The van der Waals surface area contributed by atoms with E-state index in [1.54, 1.807) is 11.3 Å². The van der Waals surface area contributed by atoms with Gasteiger partial charge in [-0.05, 0) is 42.5 Å². The summed E-state index contributed by atoms with van der Waals surface area (Å²) in [4.78, 5) is 3.71. The van der Waals surface area contributed by atoms with Gasteiger partial charge in [0.05, 0.1) is 6.10 Å². The normalized spacial score (nSPS) is 21.8. The predicted octanol–water partition coefficient (Wildman–Crippen LogP) is 2.88. The summed E-state index contributed by atoms with van der Waals surface area (Å²) in [5.74, 6) is 0. The average Bonchev–Trinajstić information content (AvgIpc) is 3.05. The Morgan fingerprint density at radius 3 is 2.84 bits per heavy atom. The first-order chi connectivity index (χ1) is 9.25. The van der Waals surface area contributed by atoms with Crippen molar-refractivity contribution in [3.63, 3.8) is 0 Å². The Morgan fingerprint density at radius 1 is 1.26 bits per heavy atom. The van der Waals surface area contributed by atoms with E-state index in [2.05, 4.69) is 41.6 Å². The number of thiophene rings is 1. The van der Waals surface area contributed by atoms with Crippen LogP contribution in [0.4, 0.5) is 0 Å². The molecule has 3 rings (SSSR count). The molecule has 100 valence electrons. The Morgan fingerprint density at radius 2 is 2.11 bits per heavy atom. The summed E-state index contributed by atoms with van der Waals surface area (Å²) in [6, 6.07) is 12.7. The van der Waals surface area contributed by atoms with Gasteiger partial charge in [-0.15, -0.1) is 11.3 Å². The van der Waals surface area contributed by atoms with Gasteiger partial charge in [0, 0.05) is 17.5 Å². The molecular formula is C16H19NOS. The van der Waals surface area contributed by atoms with E-state index in [-0.39, 0.29) is 12.1 Å². The Balaban J connectivity index is 1.64. The van der Waals surface area contributed by atoms with Crippen LogP contribution in [0, 0.1) is 0 Å². The molecule has 2 aromatic rings. The van der Waals surface area contributed by atoms with Crippen LogP contribution in [-0.4, -0.2) is 29.6 Å². The number of fused-ring (bicyclic) bond motifs is 1. The average molecular weight is 273 g/mol. The number of nitrogens with zero attached hydrogens (tertiary/aromatic N) is 1. The van der Waals surface area contributed by atoms with Crippen LogP contribution in [0.3, 0.4) is 0 Å². The number of aliphatic hydroxyl groups excluding tert-OH is 1. The smallest absolute Gasteiger partial charge is 0.0950 e. The van der Waals surface area contributed by atoms with Crippen molar-refractivity contribution in [3.05, 3.63) is 57.8 Å². The number of hydrogen-bond donors (Lipinski definition) is 1. The highest BCUT2D eigenvalue weighted by Crippen LogP contribution is 2.33. The van der Waals surface area contributed by atoms with E-state index < -0.39 is 0 Å². The van der Waals surface area contributed by atoms with Crippen LogP contribution in [0.1, 0.15) is 22.1 Å². The summed E-state index contributed by atoms with van der Waals surface area (Å²) in [5.41, 5.74) is 2.40. The molecule has 2 nitrogen and oxygen atoms in total. The van der Waals surface area contributed by atoms with Gasteiger partial charge in [0.2, 0.25) is 0 Å². The maximum Gasteiger partial charge on any atom is 0.0950 e. The third kappa shape index (κ3) is 2.59. The van der Waals surface area contributed by atoms with E-state index in [4.69, 9.17) is 0 Å². The molecule has 2 atom stereocenters. The third-order valence-corrected chi connectivity index (χ3v) is 4.96. The predicted molar refractivity (Wildman–Crippen MR) is 79.5 cm³/mol. The van der Waals surface area contributed by atoms with Gasteiger partial charge < -0.3 is 5.11 Å². The molecule has 1 aliphatic carbocycles. The number of benzene rings is 1. The number of aliphatic hydroxyl groups is 1. The molecule has 3 heteroatoms. The lowest BCUT2D eigenvalue weighted by Gasteiger charge is -2.27. The Hall–Kier alpha value is -1.16. The van der Waals surface area contributed by atoms with E-state index in [0.29, 0.717) is 0 Å². The summed E-state index contributed by atoms with van der Waals surface area (Å²) in [6.45, 7) is 0.996. The molecule has 2 unspecified atom stereocenters. The summed E-state index contributed by atoms with van der Waals surface area (Å²) in [7, 11) is 2.12. The van der Waals surface area contributed by atoms with Crippen LogP contribution < -0.4 is 0 Å². The van der Waals surface area contributed by atoms with Gasteiger partial charge in [0.15, 0.2) is 0 Å². The Bertz CT molecular complexity index is 537. The summed E-state index contributed by atoms with van der Waals surface area (Å²) in [5, 5.41) is 12.6. The van der Waals surface area contributed by atoms with Gasteiger partial charge >= 0.3 is 0 Å². The van der Waals surface area contributed by atoms with Gasteiger partial charge in [0.1, 0.15) is 0 Å². The first kappa shape index (κ1) is 12.9. The zero-order valence-corrected chi connectivity index (χ0v) is 11.9. The SMILES string of the molecule is CN(CCc1cccs1)C1Cc2ccccc2C1O. The maximum atomic E-state index is 10.4. The quantitative estimate of drug-likeness (QED) is 0.926. The molecule has 1 aliphatic rings. The van der Waals surface area contributed by atoms with Gasteiger partial charge in [-0.25, -0.2) is 0 Å². The van der Waals surface area contributed by atoms with Crippen molar-refractivity contribution < 1.29 is 5.11 Å². The standard InChI is InChI=1S/C16H19NOS/c1-17(9-8-13-6-4-10-19-13)15-11-12-5-2-3-7-14(12)16(15)18/h2-7,10,15-16,18H,8-9,11H2,1H3. The highest BCUT2D eigenvalue weighted by atomic mass is 32.1. The second-order valence-corrected chi connectivity index (χ2v) is 6.26. The van der Waals surface area contributed by atoms with E-state index in [9.17, 15) is 5.11 Å². The number of rotatable bonds is 4. The third-order valence-electron chi connectivity index (χ3n) is 4.02. The lowest BCUT2D eigenvalue weighted by Crippen LogP contribution is -2.36. The Kier molecular flexibility index (Phi) is 3.69. The molecule has 1 aromatic carbocycles. The van der Waals surface area contributed by atoms with Gasteiger partial charge in [-0.1, -0.05) is 30.3 Å². The van der Waals surface area contributed by atoms with Crippen molar-refractivity contribution in [1.82, 2.24) is 4.90 Å². The monoisotopic (exact) mass is 273 g/mol. The first-order valence-corrected chi connectivity index (χ1v) is 7.62.